The number of amides is 1. The molecule has 138 valence electrons. The highest BCUT2D eigenvalue weighted by molar-refractivity contribution is 6.05. The molecule has 27 heavy (non-hydrogen) atoms. The van der Waals surface area contributed by atoms with E-state index in [1.807, 2.05) is 36.4 Å². The topological polar surface area (TPSA) is 76.2 Å². The van der Waals surface area contributed by atoms with Crippen LogP contribution in [-0.4, -0.2) is 36.9 Å². The van der Waals surface area contributed by atoms with Crippen LogP contribution in [0, 0.1) is 0 Å². The molecule has 6 nitrogen and oxygen atoms in total. The van der Waals surface area contributed by atoms with E-state index in [2.05, 4.69) is 22.1 Å². The molecule has 0 radical (unpaired) electrons. The number of ether oxygens (including phenoxy) is 2. The molecule has 0 atom stereocenters. The average Bonchev–Trinajstić information content (AvgIpc) is 3.13. The molecule has 1 amide bonds. The lowest BCUT2D eigenvalue weighted by atomic mass is 10.1. The lowest BCUT2D eigenvalue weighted by molar-refractivity contribution is 0.0955. The Hall–Kier alpha value is -3.54. The Morgan fingerprint density at radius 2 is 1.93 bits per heavy atom. The van der Waals surface area contributed by atoms with E-state index in [9.17, 15) is 4.79 Å². The van der Waals surface area contributed by atoms with Crippen LogP contribution in [0.3, 0.4) is 0 Å². The van der Waals surface area contributed by atoms with E-state index in [-0.39, 0.29) is 5.91 Å². The van der Waals surface area contributed by atoms with Gasteiger partial charge in [0.05, 0.1) is 36.4 Å². The number of aromatic amines is 1. The number of rotatable bonds is 7. The second-order valence-electron chi connectivity index (χ2n) is 5.78. The summed E-state index contributed by atoms with van der Waals surface area (Å²) in [5, 5.41) is 10.8. The third-order valence-corrected chi connectivity index (χ3v) is 4.12. The number of nitrogens with zero attached hydrogens (tertiary/aromatic N) is 1. The first-order valence-corrected chi connectivity index (χ1v) is 8.44. The van der Waals surface area contributed by atoms with Crippen LogP contribution in [0.5, 0.6) is 11.5 Å². The molecule has 0 aliphatic carbocycles. The van der Waals surface area contributed by atoms with Gasteiger partial charge in [-0.3, -0.25) is 9.89 Å². The van der Waals surface area contributed by atoms with Crippen molar-refractivity contribution in [3.05, 3.63) is 65.9 Å². The van der Waals surface area contributed by atoms with Crippen molar-refractivity contribution in [2.75, 3.05) is 20.8 Å². The first kappa shape index (κ1) is 18.3. The minimum absolute atomic E-state index is 0.222. The molecule has 0 fully saturated rings. The molecule has 6 heteroatoms. The maximum absolute atomic E-state index is 12.4. The standard InChI is InChI=1S/C21H21N3O3/c1-4-13-22-21(25)16-10-12-18-19(20(16)27-3)17(23-24-18)11-7-14-5-8-15(26-2)9-6-14/h4-12H,1,13H2,2-3H3,(H,22,25)(H,23,24). The molecule has 0 saturated carbocycles. The van der Waals surface area contributed by atoms with Crippen molar-refractivity contribution in [1.29, 1.82) is 0 Å². The Bertz CT molecular complexity index is 988. The average molecular weight is 363 g/mol. The number of methoxy groups -OCH3 is 2. The summed E-state index contributed by atoms with van der Waals surface area (Å²) < 4.78 is 10.7. The summed E-state index contributed by atoms with van der Waals surface area (Å²) in [5.74, 6) is 1.06. The van der Waals surface area contributed by atoms with Gasteiger partial charge in [-0.15, -0.1) is 6.58 Å². The molecule has 0 aliphatic heterocycles. The van der Waals surface area contributed by atoms with Crippen molar-refractivity contribution < 1.29 is 14.3 Å². The molecule has 0 bridgehead atoms. The Labute approximate surface area is 157 Å². The van der Waals surface area contributed by atoms with Crippen LogP contribution < -0.4 is 14.8 Å². The number of fused-ring (bicyclic) bond motifs is 1. The van der Waals surface area contributed by atoms with E-state index in [4.69, 9.17) is 9.47 Å². The van der Waals surface area contributed by atoms with Crippen LogP contribution in [0.25, 0.3) is 23.1 Å². The maximum atomic E-state index is 12.4. The zero-order chi connectivity index (χ0) is 19.2. The molecule has 2 N–H and O–H groups in total. The molecule has 0 unspecified atom stereocenters. The number of carbonyl (C=O) groups is 1. The van der Waals surface area contributed by atoms with Gasteiger partial charge < -0.3 is 14.8 Å². The van der Waals surface area contributed by atoms with Gasteiger partial charge in [-0.1, -0.05) is 24.3 Å². The Morgan fingerprint density at radius 3 is 2.59 bits per heavy atom. The van der Waals surface area contributed by atoms with Crippen LogP contribution >= 0.6 is 0 Å². The van der Waals surface area contributed by atoms with Gasteiger partial charge in [-0.2, -0.15) is 5.10 Å². The zero-order valence-electron chi connectivity index (χ0n) is 15.3. The van der Waals surface area contributed by atoms with Gasteiger partial charge in [0.2, 0.25) is 0 Å². The van der Waals surface area contributed by atoms with Gasteiger partial charge in [-0.05, 0) is 35.9 Å². The first-order chi connectivity index (χ1) is 13.2. The summed E-state index contributed by atoms with van der Waals surface area (Å²) in [6.45, 7) is 4.00. The lowest BCUT2D eigenvalue weighted by Gasteiger charge is -2.09. The SMILES string of the molecule is C=CCNC(=O)c1ccc2n[nH]c(C=Cc3ccc(OC)cc3)c2c1OC. The molecule has 3 aromatic rings. The van der Waals surface area contributed by atoms with Crippen LogP contribution in [0.1, 0.15) is 21.6 Å². The predicted molar refractivity (Wildman–Crippen MR) is 107 cm³/mol. The molecule has 0 aliphatic rings. The third kappa shape index (κ3) is 3.84. The van der Waals surface area contributed by atoms with Gasteiger partial charge in [0, 0.05) is 6.54 Å². The number of aromatic nitrogens is 2. The molecule has 0 spiro atoms. The van der Waals surface area contributed by atoms with Gasteiger partial charge in [0.15, 0.2) is 0 Å². The van der Waals surface area contributed by atoms with Crippen molar-refractivity contribution in [2.45, 2.75) is 0 Å². The fraction of sp³-hybridized carbons (Fsp3) is 0.143. The van der Waals surface area contributed by atoms with Gasteiger partial charge in [0.25, 0.3) is 5.91 Å². The maximum Gasteiger partial charge on any atom is 0.255 e. The number of hydrogen-bond donors (Lipinski definition) is 2. The lowest BCUT2D eigenvalue weighted by Crippen LogP contribution is -2.23. The Kier molecular flexibility index (Phi) is 5.56. The smallest absolute Gasteiger partial charge is 0.255 e. The molecule has 3 rings (SSSR count). The molecule has 1 heterocycles. The number of H-pyrrole nitrogens is 1. The Balaban J connectivity index is 1.99. The van der Waals surface area contributed by atoms with E-state index in [0.717, 1.165) is 27.9 Å². The normalized spacial score (nSPS) is 10.9. The fourth-order valence-electron chi connectivity index (χ4n) is 2.77. The number of hydrogen-bond acceptors (Lipinski definition) is 4. The van der Waals surface area contributed by atoms with Gasteiger partial charge in [0.1, 0.15) is 11.5 Å². The summed E-state index contributed by atoms with van der Waals surface area (Å²) in [7, 11) is 3.18. The number of carbonyl (C=O) groups excluding carboxylic acids is 1. The molecular formula is C21H21N3O3. The number of benzene rings is 2. The third-order valence-electron chi connectivity index (χ3n) is 4.12. The summed E-state index contributed by atoms with van der Waals surface area (Å²) in [6, 6.07) is 11.2. The molecule has 2 aromatic carbocycles. The molecule has 1 aromatic heterocycles. The van der Waals surface area contributed by atoms with Gasteiger partial charge >= 0.3 is 0 Å². The largest absolute Gasteiger partial charge is 0.497 e. The van der Waals surface area contributed by atoms with Crippen LogP contribution in [0.15, 0.2) is 49.1 Å². The minimum Gasteiger partial charge on any atom is -0.497 e. The van der Waals surface area contributed by atoms with E-state index in [1.165, 1.54) is 0 Å². The molecule has 0 saturated heterocycles. The second-order valence-corrected chi connectivity index (χ2v) is 5.78. The number of nitrogens with one attached hydrogen (secondary N) is 2. The van der Waals surface area contributed by atoms with Crippen LogP contribution in [0.4, 0.5) is 0 Å². The fourth-order valence-corrected chi connectivity index (χ4v) is 2.77. The van der Waals surface area contributed by atoms with Crippen molar-refractivity contribution in [3.8, 4) is 11.5 Å². The first-order valence-electron chi connectivity index (χ1n) is 8.44. The summed E-state index contributed by atoms with van der Waals surface area (Å²) in [4.78, 5) is 12.4. The predicted octanol–water partition coefficient (Wildman–Crippen LogP) is 3.67. The van der Waals surface area contributed by atoms with E-state index >= 15 is 0 Å². The van der Waals surface area contributed by atoms with E-state index in [1.54, 1.807) is 32.4 Å². The second kappa shape index (κ2) is 8.23. The van der Waals surface area contributed by atoms with Crippen molar-refractivity contribution in [1.82, 2.24) is 15.5 Å². The highest BCUT2D eigenvalue weighted by Gasteiger charge is 2.18. The van der Waals surface area contributed by atoms with Crippen molar-refractivity contribution in [2.24, 2.45) is 0 Å². The highest BCUT2D eigenvalue weighted by Crippen LogP contribution is 2.32. The monoisotopic (exact) mass is 363 g/mol. The van der Waals surface area contributed by atoms with Crippen LogP contribution in [-0.2, 0) is 0 Å². The van der Waals surface area contributed by atoms with E-state index in [0.29, 0.717) is 17.9 Å². The minimum atomic E-state index is -0.222. The van der Waals surface area contributed by atoms with E-state index < -0.39 is 0 Å². The summed E-state index contributed by atoms with van der Waals surface area (Å²) >= 11 is 0. The quantitative estimate of drug-likeness (QED) is 0.628. The summed E-state index contributed by atoms with van der Waals surface area (Å²) in [6.07, 6.45) is 5.49. The summed E-state index contributed by atoms with van der Waals surface area (Å²) in [5.41, 5.74) is 2.95. The zero-order valence-corrected chi connectivity index (χ0v) is 15.3. The van der Waals surface area contributed by atoms with Crippen molar-refractivity contribution in [3.63, 3.8) is 0 Å². The van der Waals surface area contributed by atoms with Crippen molar-refractivity contribution >= 4 is 29.0 Å². The highest BCUT2D eigenvalue weighted by atomic mass is 16.5. The molecular weight excluding hydrogens is 342 g/mol. The van der Waals surface area contributed by atoms with Crippen LogP contribution in [0.2, 0.25) is 0 Å². The Morgan fingerprint density at radius 1 is 1.15 bits per heavy atom. The van der Waals surface area contributed by atoms with Gasteiger partial charge in [-0.25, -0.2) is 0 Å².